The van der Waals surface area contributed by atoms with Gasteiger partial charge in [0.2, 0.25) is 0 Å². The van der Waals surface area contributed by atoms with Crippen molar-refractivity contribution in [2.75, 3.05) is 39.6 Å². The topological polar surface area (TPSA) is 97.3 Å². The Balaban J connectivity index is 0.910. The molecule has 0 radical (unpaired) electrons. The van der Waals surface area contributed by atoms with E-state index in [4.69, 9.17) is 27.8 Å². The third-order valence-electron chi connectivity index (χ3n) is 6.97. The Kier molecular flexibility index (Phi) is 9.11. The number of ether oxygens (including phenoxy) is 4. The van der Waals surface area contributed by atoms with E-state index < -0.39 is 11.3 Å². The van der Waals surface area contributed by atoms with Gasteiger partial charge in [0.25, 0.3) is 0 Å². The minimum Gasteiger partial charge on any atom is -0.491 e. The molecule has 0 spiro atoms. The van der Waals surface area contributed by atoms with Crippen LogP contribution in [0.3, 0.4) is 0 Å². The fourth-order valence-electron chi connectivity index (χ4n) is 4.94. The number of fused-ring (bicyclic) bond motifs is 2. The Bertz CT molecular complexity index is 1820. The second-order valence-electron chi connectivity index (χ2n) is 9.93. The summed E-state index contributed by atoms with van der Waals surface area (Å²) in [5.41, 5.74) is 3.65. The minimum atomic E-state index is -0.412. The molecular formula is C36H30O8. The summed E-state index contributed by atoms with van der Waals surface area (Å²) in [7, 11) is 0. The molecule has 0 fully saturated rings. The lowest BCUT2D eigenvalue weighted by molar-refractivity contribution is 0.0274. The van der Waals surface area contributed by atoms with E-state index in [1.165, 1.54) is 12.1 Å². The van der Waals surface area contributed by atoms with E-state index in [-0.39, 0.29) is 0 Å². The Morgan fingerprint density at radius 1 is 0.455 bits per heavy atom. The van der Waals surface area contributed by atoms with E-state index in [1.54, 1.807) is 12.1 Å². The monoisotopic (exact) mass is 590 g/mol. The number of hydrogen-bond acceptors (Lipinski definition) is 8. The summed E-state index contributed by atoms with van der Waals surface area (Å²) in [5, 5.41) is 1.68. The van der Waals surface area contributed by atoms with Gasteiger partial charge in [-0.2, -0.15) is 0 Å². The quantitative estimate of drug-likeness (QED) is 0.108. The maximum Gasteiger partial charge on any atom is 0.336 e. The molecule has 0 unspecified atom stereocenters. The van der Waals surface area contributed by atoms with Gasteiger partial charge in [-0.15, -0.1) is 0 Å². The van der Waals surface area contributed by atoms with E-state index in [0.29, 0.717) is 62.3 Å². The van der Waals surface area contributed by atoms with Crippen LogP contribution in [-0.4, -0.2) is 39.6 Å². The van der Waals surface area contributed by atoms with Crippen molar-refractivity contribution >= 4 is 21.9 Å². The fraction of sp³-hybridized carbons (Fsp3) is 0.167. The highest BCUT2D eigenvalue weighted by Crippen LogP contribution is 2.31. The lowest BCUT2D eigenvalue weighted by Gasteiger charge is -2.10. The van der Waals surface area contributed by atoms with Gasteiger partial charge in [-0.1, -0.05) is 60.7 Å². The van der Waals surface area contributed by atoms with Crippen LogP contribution in [0, 0.1) is 0 Å². The first-order chi connectivity index (χ1) is 21.6. The zero-order valence-electron chi connectivity index (χ0n) is 23.9. The molecule has 4 aromatic carbocycles. The van der Waals surface area contributed by atoms with Gasteiger partial charge in [0.05, 0.1) is 26.4 Å². The molecule has 0 atom stereocenters. The average molecular weight is 591 g/mol. The predicted molar refractivity (Wildman–Crippen MR) is 168 cm³/mol. The van der Waals surface area contributed by atoms with E-state index >= 15 is 0 Å². The maximum absolute atomic E-state index is 12.1. The van der Waals surface area contributed by atoms with Crippen LogP contribution >= 0.6 is 0 Å². The molecule has 222 valence electrons. The Morgan fingerprint density at radius 3 is 1.30 bits per heavy atom. The van der Waals surface area contributed by atoms with E-state index in [2.05, 4.69) is 0 Å². The first-order valence-electron chi connectivity index (χ1n) is 14.3. The van der Waals surface area contributed by atoms with E-state index in [9.17, 15) is 9.59 Å². The van der Waals surface area contributed by atoms with Crippen LogP contribution in [0.1, 0.15) is 0 Å². The van der Waals surface area contributed by atoms with Crippen molar-refractivity contribution in [1.29, 1.82) is 0 Å². The van der Waals surface area contributed by atoms with Gasteiger partial charge in [-0.05, 0) is 46.5 Å². The molecule has 0 saturated heterocycles. The lowest BCUT2D eigenvalue weighted by atomic mass is 10.0. The molecule has 2 aromatic heterocycles. The number of benzene rings is 4. The Hall–Kier alpha value is -5.18. The molecule has 0 bridgehead atoms. The maximum atomic E-state index is 12.1. The largest absolute Gasteiger partial charge is 0.491 e. The van der Waals surface area contributed by atoms with E-state index in [1.807, 2.05) is 84.9 Å². The molecule has 8 heteroatoms. The van der Waals surface area contributed by atoms with Gasteiger partial charge >= 0.3 is 11.3 Å². The SMILES string of the molecule is O=c1cc(-c2ccccc2)c2ccc(OCCOCCOCCOc3ccc4c(-c5ccccc5)cc(=O)oc4c3)cc2o1. The third-order valence-corrected chi connectivity index (χ3v) is 6.97. The van der Waals surface area contributed by atoms with Crippen LogP contribution in [0.15, 0.2) is 128 Å². The van der Waals surface area contributed by atoms with Crippen LogP contribution in [0.5, 0.6) is 11.5 Å². The molecule has 6 rings (SSSR count). The van der Waals surface area contributed by atoms with Crippen molar-refractivity contribution < 1.29 is 27.8 Å². The lowest BCUT2D eigenvalue weighted by Crippen LogP contribution is -2.13. The summed E-state index contributed by atoms with van der Waals surface area (Å²) < 4.78 is 33.6. The van der Waals surface area contributed by atoms with E-state index in [0.717, 1.165) is 33.0 Å². The summed E-state index contributed by atoms with van der Waals surface area (Å²) in [6.07, 6.45) is 0. The molecule has 0 aliphatic carbocycles. The average Bonchev–Trinajstić information content (AvgIpc) is 3.05. The second kappa shape index (κ2) is 13.9. The molecule has 0 saturated carbocycles. The number of hydrogen-bond donors (Lipinski definition) is 0. The van der Waals surface area contributed by atoms with Crippen LogP contribution in [0.4, 0.5) is 0 Å². The Labute approximate surface area is 253 Å². The zero-order valence-corrected chi connectivity index (χ0v) is 23.9. The molecule has 0 aliphatic heterocycles. The first kappa shape index (κ1) is 28.9. The molecule has 44 heavy (non-hydrogen) atoms. The van der Waals surface area contributed by atoms with Gasteiger partial charge < -0.3 is 27.8 Å². The molecule has 0 N–H and O–H groups in total. The van der Waals surface area contributed by atoms with Gasteiger partial charge in [0.1, 0.15) is 35.9 Å². The fourth-order valence-corrected chi connectivity index (χ4v) is 4.94. The minimum absolute atomic E-state index is 0.335. The summed E-state index contributed by atoms with van der Waals surface area (Å²) in [5.74, 6) is 1.18. The summed E-state index contributed by atoms with van der Waals surface area (Å²) in [6.45, 7) is 2.22. The normalized spacial score (nSPS) is 11.2. The van der Waals surface area contributed by atoms with Crippen molar-refractivity contribution in [3.05, 3.63) is 130 Å². The van der Waals surface area contributed by atoms with Gasteiger partial charge in [0.15, 0.2) is 0 Å². The van der Waals surface area contributed by atoms with Crippen LogP contribution in [0.2, 0.25) is 0 Å². The van der Waals surface area contributed by atoms with Crippen molar-refractivity contribution in [2.45, 2.75) is 0 Å². The molecule has 0 aliphatic rings. The van der Waals surface area contributed by atoms with Crippen LogP contribution in [-0.2, 0) is 9.47 Å². The highest BCUT2D eigenvalue weighted by molar-refractivity contribution is 5.94. The molecule has 2 heterocycles. The number of rotatable bonds is 13. The zero-order chi connectivity index (χ0) is 30.1. The highest BCUT2D eigenvalue weighted by atomic mass is 16.6. The highest BCUT2D eigenvalue weighted by Gasteiger charge is 2.10. The van der Waals surface area contributed by atoms with Gasteiger partial charge in [-0.25, -0.2) is 9.59 Å². The van der Waals surface area contributed by atoms with Crippen molar-refractivity contribution in [3.63, 3.8) is 0 Å². The van der Waals surface area contributed by atoms with Crippen molar-refractivity contribution in [3.8, 4) is 33.8 Å². The molecule has 8 nitrogen and oxygen atoms in total. The summed E-state index contributed by atoms with van der Waals surface area (Å²) >= 11 is 0. The molecule has 0 amide bonds. The Morgan fingerprint density at radius 2 is 0.864 bits per heavy atom. The first-order valence-corrected chi connectivity index (χ1v) is 14.3. The third kappa shape index (κ3) is 7.06. The molecule has 6 aromatic rings. The van der Waals surface area contributed by atoms with Gasteiger partial charge in [0, 0.05) is 35.0 Å². The molecular weight excluding hydrogens is 560 g/mol. The standard InChI is InChI=1S/C36H30O8/c37-35-23-31(25-7-3-1-4-8-25)29-13-11-27(21-33(29)43-35)41-19-17-39-15-16-40-18-20-42-28-12-14-30-32(26-9-5-2-6-10-26)24-36(38)44-34(30)22-28/h1-14,21-24H,15-20H2. The summed E-state index contributed by atoms with van der Waals surface area (Å²) in [6, 6.07) is 33.4. The van der Waals surface area contributed by atoms with Crippen LogP contribution in [0.25, 0.3) is 44.2 Å². The van der Waals surface area contributed by atoms with Crippen molar-refractivity contribution in [1.82, 2.24) is 0 Å². The van der Waals surface area contributed by atoms with Crippen LogP contribution < -0.4 is 20.7 Å². The predicted octanol–water partition coefficient (Wildman–Crippen LogP) is 6.72. The smallest absolute Gasteiger partial charge is 0.336 e. The second-order valence-corrected chi connectivity index (χ2v) is 9.93. The summed E-state index contributed by atoms with van der Waals surface area (Å²) in [4.78, 5) is 24.3. The van der Waals surface area contributed by atoms with Gasteiger partial charge in [-0.3, -0.25) is 0 Å². The van der Waals surface area contributed by atoms with Crippen molar-refractivity contribution in [2.24, 2.45) is 0 Å².